The molecule has 0 atom stereocenters. The Labute approximate surface area is 211 Å². The third kappa shape index (κ3) is 4.42. The van der Waals surface area contributed by atoms with E-state index >= 15 is 0 Å². The lowest BCUT2D eigenvalue weighted by atomic mass is 10.0. The number of carbonyl (C=O) groups excluding carboxylic acids is 2. The van der Waals surface area contributed by atoms with Crippen molar-refractivity contribution in [1.82, 2.24) is 20.2 Å². The largest absolute Gasteiger partial charge is 0.505 e. The van der Waals surface area contributed by atoms with Crippen LogP contribution in [0.25, 0.3) is 21.7 Å². The number of hydrogen-bond acceptors (Lipinski definition) is 5. The average molecular weight is 499 g/mol. The van der Waals surface area contributed by atoms with Crippen LogP contribution in [0.15, 0.2) is 73.1 Å². The quantitative estimate of drug-likeness (QED) is 0.282. The highest BCUT2D eigenvalue weighted by Crippen LogP contribution is 2.42. The van der Waals surface area contributed by atoms with Gasteiger partial charge in [0.2, 0.25) is 5.88 Å². The number of rotatable bonds is 6. The van der Waals surface area contributed by atoms with Gasteiger partial charge in [-0.25, -0.2) is 4.39 Å². The van der Waals surface area contributed by atoms with Crippen LogP contribution in [0.1, 0.15) is 31.8 Å². The SMILES string of the molecule is CNC(=O)c1cccc(CNC(=O)c2c3cccnc3c(O)c3c(O)n(Cc4ccc(F)cc4)cc23)c1. The van der Waals surface area contributed by atoms with Crippen molar-refractivity contribution < 1.29 is 24.2 Å². The van der Waals surface area contributed by atoms with Crippen molar-refractivity contribution in [2.75, 3.05) is 7.05 Å². The normalized spacial score (nSPS) is 11.1. The fourth-order valence-corrected chi connectivity index (χ4v) is 4.42. The van der Waals surface area contributed by atoms with Gasteiger partial charge in [0.05, 0.1) is 17.5 Å². The molecule has 2 amide bonds. The zero-order chi connectivity index (χ0) is 26.1. The predicted octanol–water partition coefficient (Wildman–Crippen LogP) is 4.08. The lowest BCUT2D eigenvalue weighted by Gasteiger charge is -2.11. The number of amides is 2. The average Bonchev–Trinajstić information content (AvgIpc) is 3.24. The molecule has 0 unspecified atom stereocenters. The molecule has 0 aliphatic carbocycles. The topological polar surface area (TPSA) is 116 Å². The van der Waals surface area contributed by atoms with Gasteiger partial charge in [-0.15, -0.1) is 0 Å². The number of phenolic OH excluding ortho intramolecular Hbond substituents is 1. The van der Waals surface area contributed by atoms with E-state index in [-0.39, 0.29) is 52.9 Å². The van der Waals surface area contributed by atoms with Gasteiger partial charge in [0.25, 0.3) is 11.8 Å². The van der Waals surface area contributed by atoms with Crippen molar-refractivity contribution >= 4 is 33.5 Å². The molecule has 37 heavy (non-hydrogen) atoms. The van der Waals surface area contributed by atoms with E-state index in [1.807, 2.05) is 0 Å². The lowest BCUT2D eigenvalue weighted by molar-refractivity contribution is 0.0951. The zero-order valence-electron chi connectivity index (χ0n) is 19.8. The predicted molar refractivity (Wildman–Crippen MR) is 137 cm³/mol. The molecule has 0 fully saturated rings. The first kappa shape index (κ1) is 23.8. The van der Waals surface area contributed by atoms with Crippen molar-refractivity contribution in [3.8, 4) is 11.6 Å². The molecule has 186 valence electrons. The van der Waals surface area contributed by atoms with E-state index in [2.05, 4.69) is 15.6 Å². The third-order valence-corrected chi connectivity index (χ3v) is 6.22. The van der Waals surface area contributed by atoms with Crippen molar-refractivity contribution in [2.24, 2.45) is 0 Å². The molecule has 5 aromatic rings. The van der Waals surface area contributed by atoms with Gasteiger partial charge >= 0.3 is 0 Å². The number of fused-ring (bicyclic) bond motifs is 2. The molecule has 9 heteroatoms. The van der Waals surface area contributed by atoms with Gasteiger partial charge in [0.1, 0.15) is 11.3 Å². The lowest BCUT2D eigenvalue weighted by Crippen LogP contribution is -2.24. The molecule has 0 aliphatic rings. The van der Waals surface area contributed by atoms with Gasteiger partial charge in [0.15, 0.2) is 5.75 Å². The van der Waals surface area contributed by atoms with Crippen molar-refractivity contribution in [2.45, 2.75) is 13.1 Å². The molecular weight excluding hydrogens is 475 g/mol. The standard InChI is InChI=1S/C28H23FN4O4/c1-30-26(35)18-5-2-4-17(12-18)13-32-27(36)22-20-6-3-11-31-24(20)25(34)23-21(22)15-33(28(23)37)14-16-7-9-19(29)10-8-16/h2-12,15,34,37H,13-14H2,1H3,(H,30,35)(H,32,36). The van der Waals surface area contributed by atoms with Gasteiger partial charge in [0, 0.05) is 42.3 Å². The summed E-state index contributed by atoms with van der Waals surface area (Å²) < 4.78 is 14.8. The van der Waals surface area contributed by atoms with Crippen molar-refractivity contribution in [3.63, 3.8) is 0 Å². The van der Waals surface area contributed by atoms with Gasteiger partial charge in [-0.2, -0.15) is 0 Å². The number of phenols is 1. The number of hydrogen-bond donors (Lipinski definition) is 4. The monoisotopic (exact) mass is 498 g/mol. The summed E-state index contributed by atoms with van der Waals surface area (Å²) in [5.74, 6) is -1.52. The Balaban J connectivity index is 1.56. The molecule has 8 nitrogen and oxygen atoms in total. The Morgan fingerprint density at radius 3 is 2.51 bits per heavy atom. The summed E-state index contributed by atoms with van der Waals surface area (Å²) in [7, 11) is 1.55. The van der Waals surface area contributed by atoms with Crippen molar-refractivity contribution in [3.05, 3.63) is 101 Å². The van der Waals surface area contributed by atoms with Crippen molar-refractivity contribution in [1.29, 1.82) is 0 Å². The highest BCUT2D eigenvalue weighted by molar-refractivity contribution is 6.21. The second-order valence-electron chi connectivity index (χ2n) is 8.58. The van der Waals surface area contributed by atoms with E-state index in [9.17, 15) is 24.2 Å². The zero-order valence-corrected chi connectivity index (χ0v) is 19.8. The summed E-state index contributed by atoms with van der Waals surface area (Å²) in [4.78, 5) is 29.7. The van der Waals surface area contributed by atoms with Gasteiger partial charge in [-0.3, -0.25) is 14.6 Å². The Morgan fingerprint density at radius 1 is 0.973 bits per heavy atom. The summed E-state index contributed by atoms with van der Waals surface area (Å²) in [6.07, 6.45) is 3.08. The van der Waals surface area contributed by atoms with E-state index in [4.69, 9.17) is 0 Å². The molecule has 3 aromatic carbocycles. The van der Waals surface area contributed by atoms with E-state index in [0.717, 1.165) is 11.1 Å². The Hall–Kier alpha value is -4.92. The molecule has 0 aliphatic heterocycles. The van der Waals surface area contributed by atoms with E-state index in [1.165, 1.54) is 22.9 Å². The van der Waals surface area contributed by atoms with E-state index in [1.54, 1.807) is 61.8 Å². The second kappa shape index (κ2) is 9.62. The Morgan fingerprint density at radius 2 is 1.76 bits per heavy atom. The van der Waals surface area contributed by atoms with Crippen LogP contribution in [-0.4, -0.2) is 38.6 Å². The van der Waals surface area contributed by atoms with Crippen LogP contribution in [0.4, 0.5) is 4.39 Å². The number of nitrogens with zero attached hydrogens (tertiary/aromatic N) is 2. The number of halogens is 1. The molecule has 0 spiro atoms. The molecule has 2 aromatic heterocycles. The molecule has 4 N–H and O–H groups in total. The number of carbonyl (C=O) groups is 2. The van der Waals surface area contributed by atoms with Crippen LogP contribution in [0.5, 0.6) is 11.6 Å². The van der Waals surface area contributed by atoms with E-state index < -0.39 is 5.91 Å². The Kier molecular flexibility index (Phi) is 6.19. The van der Waals surface area contributed by atoms with Gasteiger partial charge in [-0.05, 0) is 41.5 Å². The van der Waals surface area contributed by atoms with Crippen LogP contribution in [0, 0.1) is 5.82 Å². The molecule has 0 bridgehead atoms. The first-order valence-electron chi connectivity index (χ1n) is 11.5. The van der Waals surface area contributed by atoms with E-state index in [0.29, 0.717) is 16.3 Å². The summed E-state index contributed by atoms with van der Waals surface area (Å²) in [5.41, 5.74) is 2.34. The van der Waals surface area contributed by atoms with Crippen LogP contribution in [-0.2, 0) is 13.1 Å². The third-order valence-electron chi connectivity index (χ3n) is 6.22. The number of aromatic hydroxyl groups is 2. The van der Waals surface area contributed by atoms with Crippen LogP contribution in [0.3, 0.4) is 0 Å². The molecule has 0 saturated heterocycles. The van der Waals surface area contributed by atoms with Gasteiger partial charge in [-0.1, -0.05) is 30.3 Å². The molecule has 2 heterocycles. The van der Waals surface area contributed by atoms with Crippen LogP contribution >= 0.6 is 0 Å². The number of pyridine rings is 1. The summed E-state index contributed by atoms with van der Waals surface area (Å²) in [6, 6.07) is 16.1. The second-order valence-corrected chi connectivity index (χ2v) is 8.58. The minimum atomic E-state index is -0.438. The fourth-order valence-electron chi connectivity index (χ4n) is 4.42. The first-order valence-corrected chi connectivity index (χ1v) is 11.5. The minimum absolute atomic E-state index is 0.0973. The first-order chi connectivity index (χ1) is 17.9. The summed E-state index contributed by atoms with van der Waals surface area (Å²) >= 11 is 0. The summed E-state index contributed by atoms with van der Waals surface area (Å²) in [6.45, 7) is 0.341. The van der Waals surface area contributed by atoms with Gasteiger partial charge < -0.3 is 25.4 Å². The number of aromatic nitrogens is 2. The molecular formula is C28H23FN4O4. The maximum Gasteiger partial charge on any atom is 0.252 e. The highest BCUT2D eigenvalue weighted by atomic mass is 19.1. The summed E-state index contributed by atoms with van der Waals surface area (Å²) in [5, 5.41) is 28.3. The molecule has 0 radical (unpaired) electrons. The Bertz CT molecular complexity index is 1660. The van der Waals surface area contributed by atoms with Crippen LogP contribution < -0.4 is 10.6 Å². The maximum absolute atomic E-state index is 13.5. The smallest absolute Gasteiger partial charge is 0.252 e. The number of nitrogens with one attached hydrogen (secondary N) is 2. The fraction of sp³-hybridized carbons (Fsp3) is 0.107. The highest BCUT2D eigenvalue weighted by Gasteiger charge is 2.24. The molecule has 5 rings (SSSR count). The van der Waals surface area contributed by atoms with Crippen LogP contribution in [0.2, 0.25) is 0 Å². The minimum Gasteiger partial charge on any atom is -0.505 e. The molecule has 0 saturated carbocycles. The maximum atomic E-state index is 13.5. The number of benzene rings is 3.